The van der Waals surface area contributed by atoms with Gasteiger partial charge in [0, 0.05) is 12.2 Å². The Balaban J connectivity index is 2.04. The number of benzene rings is 1. The Morgan fingerprint density at radius 1 is 1.33 bits per heavy atom. The van der Waals surface area contributed by atoms with E-state index in [4.69, 9.17) is 0 Å². The molecular weight excluding hydrogens is 229 g/mol. The molecule has 0 bridgehead atoms. The summed E-state index contributed by atoms with van der Waals surface area (Å²) in [5, 5.41) is 3.24. The van der Waals surface area contributed by atoms with Crippen molar-refractivity contribution in [2.75, 3.05) is 11.9 Å². The number of carbonyl (C=O) groups is 1. The molecule has 0 radical (unpaired) electrons. The van der Waals surface area contributed by atoms with Gasteiger partial charge in [0.15, 0.2) is 5.78 Å². The van der Waals surface area contributed by atoms with E-state index in [1.165, 1.54) is 45.1 Å². The summed E-state index contributed by atoms with van der Waals surface area (Å²) in [5.41, 5.74) is 0.821. The molecule has 98 valence electrons. The summed E-state index contributed by atoms with van der Waals surface area (Å²) in [6.45, 7) is 2.24. The molecule has 1 N–H and O–H groups in total. The van der Waals surface area contributed by atoms with Gasteiger partial charge in [-0.2, -0.15) is 0 Å². The molecule has 2 rings (SSSR count). The van der Waals surface area contributed by atoms with Crippen molar-refractivity contribution in [3.63, 3.8) is 0 Å². The third-order valence-corrected chi connectivity index (χ3v) is 3.67. The molecule has 0 amide bonds. The molecule has 0 aromatic heterocycles. The van der Waals surface area contributed by atoms with Crippen molar-refractivity contribution >= 4 is 11.5 Å². The molecule has 1 saturated carbocycles. The van der Waals surface area contributed by atoms with Crippen LogP contribution in [0.1, 0.15) is 49.4 Å². The van der Waals surface area contributed by atoms with Crippen LogP contribution in [0.15, 0.2) is 18.2 Å². The largest absolute Gasteiger partial charge is 0.384 e. The molecule has 0 aliphatic heterocycles. The van der Waals surface area contributed by atoms with E-state index < -0.39 is 5.82 Å². The van der Waals surface area contributed by atoms with Crippen LogP contribution in [0.25, 0.3) is 0 Å². The summed E-state index contributed by atoms with van der Waals surface area (Å²) >= 11 is 0. The van der Waals surface area contributed by atoms with Crippen LogP contribution in [0.2, 0.25) is 0 Å². The number of carbonyl (C=O) groups excluding carboxylic acids is 1. The minimum Gasteiger partial charge on any atom is -0.384 e. The first-order valence-electron chi connectivity index (χ1n) is 6.72. The highest BCUT2D eigenvalue weighted by Crippen LogP contribution is 2.25. The fourth-order valence-corrected chi connectivity index (χ4v) is 2.67. The molecule has 1 aromatic carbocycles. The molecular formula is C15H20FNO. The third-order valence-electron chi connectivity index (χ3n) is 3.67. The average molecular weight is 249 g/mol. The summed E-state index contributed by atoms with van der Waals surface area (Å²) in [5.74, 6) is -0.00258. The van der Waals surface area contributed by atoms with Gasteiger partial charge in [-0.1, -0.05) is 25.3 Å². The van der Waals surface area contributed by atoms with E-state index in [-0.39, 0.29) is 11.3 Å². The Morgan fingerprint density at radius 2 is 2.06 bits per heavy atom. The quantitative estimate of drug-likeness (QED) is 0.816. The Hall–Kier alpha value is -1.38. The Labute approximate surface area is 108 Å². The van der Waals surface area contributed by atoms with E-state index in [1.807, 2.05) is 0 Å². The van der Waals surface area contributed by atoms with Crippen LogP contribution < -0.4 is 5.32 Å². The van der Waals surface area contributed by atoms with Crippen molar-refractivity contribution < 1.29 is 9.18 Å². The van der Waals surface area contributed by atoms with E-state index >= 15 is 0 Å². The highest BCUT2D eigenvalue weighted by molar-refractivity contribution is 5.99. The summed E-state index contributed by atoms with van der Waals surface area (Å²) in [7, 11) is 0. The number of hydrogen-bond donors (Lipinski definition) is 1. The monoisotopic (exact) mass is 249 g/mol. The molecule has 1 fully saturated rings. The number of halogens is 1. The molecule has 3 heteroatoms. The molecule has 2 nitrogen and oxygen atoms in total. The molecule has 0 spiro atoms. The van der Waals surface area contributed by atoms with Gasteiger partial charge < -0.3 is 5.32 Å². The van der Waals surface area contributed by atoms with Gasteiger partial charge in [0.2, 0.25) is 0 Å². The number of rotatable bonds is 4. The predicted octanol–water partition coefficient (Wildman–Crippen LogP) is 4.02. The molecule has 0 unspecified atom stereocenters. The Bertz CT molecular complexity index is 425. The fraction of sp³-hybridized carbons (Fsp3) is 0.533. The van der Waals surface area contributed by atoms with Crippen molar-refractivity contribution in [3.8, 4) is 0 Å². The zero-order valence-electron chi connectivity index (χ0n) is 10.8. The van der Waals surface area contributed by atoms with Crippen LogP contribution in [0, 0.1) is 11.7 Å². The first-order valence-corrected chi connectivity index (χ1v) is 6.72. The lowest BCUT2D eigenvalue weighted by molar-refractivity contribution is 0.101. The molecule has 0 atom stereocenters. The Kier molecular flexibility index (Phi) is 4.34. The van der Waals surface area contributed by atoms with Gasteiger partial charge in [0.25, 0.3) is 0 Å². The number of ketones is 1. The van der Waals surface area contributed by atoms with Crippen molar-refractivity contribution in [2.45, 2.75) is 39.0 Å². The number of nitrogens with one attached hydrogen (secondary N) is 1. The summed E-state index contributed by atoms with van der Waals surface area (Å²) in [4.78, 5) is 11.5. The second-order valence-corrected chi connectivity index (χ2v) is 5.10. The van der Waals surface area contributed by atoms with Gasteiger partial charge in [0.05, 0.1) is 5.56 Å². The van der Waals surface area contributed by atoms with Gasteiger partial charge in [-0.3, -0.25) is 4.79 Å². The van der Waals surface area contributed by atoms with Crippen molar-refractivity contribution in [1.82, 2.24) is 0 Å². The highest BCUT2D eigenvalue weighted by atomic mass is 19.1. The van der Waals surface area contributed by atoms with E-state index in [2.05, 4.69) is 5.32 Å². The maximum absolute atomic E-state index is 13.6. The van der Waals surface area contributed by atoms with E-state index in [0.717, 1.165) is 6.54 Å². The smallest absolute Gasteiger partial charge is 0.164 e. The number of Topliss-reactive ketones (excluding diaryl/α,β-unsaturated/α-hetero) is 1. The van der Waals surface area contributed by atoms with Crippen molar-refractivity contribution in [2.24, 2.45) is 5.92 Å². The lowest BCUT2D eigenvalue weighted by Gasteiger charge is -2.22. The molecule has 1 aliphatic rings. The van der Waals surface area contributed by atoms with E-state index in [1.54, 1.807) is 12.1 Å². The third kappa shape index (κ3) is 3.09. The second-order valence-electron chi connectivity index (χ2n) is 5.10. The molecule has 0 heterocycles. The summed E-state index contributed by atoms with van der Waals surface area (Å²) < 4.78 is 13.6. The van der Waals surface area contributed by atoms with Gasteiger partial charge >= 0.3 is 0 Å². The predicted molar refractivity (Wildman–Crippen MR) is 71.5 cm³/mol. The first kappa shape index (κ1) is 13.1. The van der Waals surface area contributed by atoms with Crippen LogP contribution in [-0.2, 0) is 0 Å². The van der Waals surface area contributed by atoms with Gasteiger partial charge in [-0.25, -0.2) is 4.39 Å². The van der Waals surface area contributed by atoms with E-state index in [9.17, 15) is 9.18 Å². The normalized spacial score (nSPS) is 16.6. The molecule has 18 heavy (non-hydrogen) atoms. The van der Waals surface area contributed by atoms with Crippen LogP contribution in [0.3, 0.4) is 0 Å². The lowest BCUT2D eigenvalue weighted by atomic mass is 9.89. The minimum atomic E-state index is -0.434. The molecule has 1 aliphatic carbocycles. The summed E-state index contributed by atoms with van der Waals surface area (Å²) in [6.07, 6.45) is 6.37. The Morgan fingerprint density at radius 3 is 2.72 bits per heavy atom. The minimum absolute atomic E-state index is 0.188. The van der Waals surface area contributed by atoms with Crippen molar-refractivity contribution in [1.29, 1.82) is 0 Å². The first-order chi connectivity index (χ1) is 8.68. The average Bonchev–Trinajstić information content (AvgIpc) is 2.37. The van der Waals surface area contributed by atoms with Crippen LogP contribution in [0.4, 0.5) is 10.1 Å². The lowest BCUT2D eigenvalue weighted by Crippen LogP contribution is -2.18. The van der Waals surface area contributed by atoms with Crippen LogP contribution >= 0.6 is 0 Å². The number of anilines is 1. The van der Waals surface area contributed by atoms with Crippen molar-refractivity contribution in [3.05, 3.63) is 29.6 Å². The zero-order valence-corrected chi connectivity index (χ0v) is 10.8. The van der Waals surface area contributed by atoms with Gasteiger partial charge in [-0.05, 0) is 37.8 Å². The topological polar surface area (TPSA) is 29.1 Å². The standard InChI is InChI=1S/C15H20FNO/c1-11(18)15-13(16)8-5-9-14(15)17-10-12-6-3-2-4-7-12/h5,8-9,12,17H,2-4,6-7,10H2,1H3. The fourth-order valence-electron chi connectivity index (χ4n) is 2.67. The highest BCUT2D eigenvalue weighted by Gasteiger charge is 2.16. The second kappa shape index (κ2) is 5.98. The number of hydrogen-bond acceptors (Lipinski definition) is 2. The maximum Gasteiger partial charge on any atom is 0.164 e. The van der Waals surface area contributed by atoms with Gasteiger partial charge in [0.1, 0.15) is 5.82 Å². The van der Waals surface area contributed by atoms with E-state index in [0.29, 0.717) is 11.6 Å². The zero-order chi connectivity index (χ0) is 13.0. The molecule has 1 aromatic rings. The molecule has 0 saturated heterocycles. The summed E-state index contributed by atoms with van der Waals surface area (Å²) in [6, 6.07) is 4.76. The van der Waals surface area contributed by atoms with Gasteiger partial charge in [-0.15, -0.1) is 0 Å². The van der Waals surface area contributed by atoms with Crippen LogP contribution in [-0.4, -0.2) is 12.3 Å². The SMILES string of the molecule is CC(=O)c1c(F)cccc1NCC1CCCCC1. The maximum atomic E-state index is 13.6. The van der Waals surface area contributed by atoms with Crippen LogP contribution in [0.5, 0.6) is 0 Å².